The van der Waals surface area contributed by atoms with Crippen LogP contribution in [0.1, 0.15) is 0 Å². The number of rotatable bonds is 2. The minimum absolute atomic E-state index is 0.122. The van der Waals surface area contributed by atoms with Crippen LogP contribution in [0.4, 0.5) is 14.5 Å². The van der Waals surface area contributed by atoms with Crippen LogP contribution >= 0.6 is 11.3 Å². The highest BCUT2D eigenvalue weighted by Gasteiger charge is 2.16. The molecule has 2 heterocycles. The van der Waals surface area contributed by atoms with Crippen molar-refractivity contribution >= 4 is 17.0 Å². The second-order valence-corrected chi connectivity index (χ2v) is 5.16. The van der Waals surface area contributed by atoms with E-state index in [4.69, 9.17) is 5.73 Å². The SMILES string of the molecule is Cn1nc(-c2cccs2)nc1-c1cc(F)c(F)cc1N. The molecule has 102 valence electrons. The Morgan fingerprint density at radius 3 is 2.70 bits per heavy atom. The zero-order chi connectivity index (χ0) is 14.3. The van der Waals surface area contributed by atoms with Crippen LogP contribution in [-0.4, -0.2) is 14.8 Å². The quantitative estimate of drug-likeness (QED) is 0.738. The van der Waals surface area contributed by atoms with Crippen molar-refractivity contribution in [2.45, 2.75) is 0 Å². The lowest BCUT2D eigenvalue weighted by molar-refractivity contribution is 0.509. The number of hydrogen-bond donors (Lipinski definition) is 1. The zero-order valence-electron chi connectivity index (χ0n) is 10.5. The topological polar surface area (TPSA) is 56.7 Å². The average Bonchev–Trinajstić information content (AvgIpc) is 3.03. The Hall–Kier alpha value is -2.28. The normalized spacial score (nSPS) is 10.9. The molecule has 0 spiro atoms. The zero-order valence-corrected chi connectivity index (χ0v) is 11.3. The molecular formula is C13H10F2N4S. The van der Waals surface area contributed by atoms with E-state index >= 15 is 0 Å². The molecule has 0 aliphatic heterocycles. The largest absolute Gasteiger partial charge is 0.398 e. The number of aryl methyl sites for hydroxylation is 1. The molecular weight excluding hydrogens is 282 g/mol. The van der Waals surface area contributed by atoms with Crippen molar-refractivity contribution in [2.75, 3.05) is 5.73 Å². The summed E-state index contributed by atoms with van der Waals surface area (Å²) in [6.07, 6.45) is 0. The molecule has 1 aromatic carbocycles. The van der Waals surface area contributed by atoms with Crippen LogP contribution in [0.5, 0.6) is 0 Å². The molecule has 20 heavy (non-hydrogen) atoms. The van der Waals surface area contributed by atoms with Gasteiger partial charge in [-0.15, -0.1) is 16.4 Å². The van der Waals surface area contributed by atoms with Crippen molar-refractivity contribution in [1.82, 2.24) is 14.8 Å². The van der Waals surface area contributed by atoms with Gasteiger partial charge in [0.05, 0.1) is 4.88 Å². The Bertz CT molecular complexity index is 765. The average molecular weight is 292 g/mol. The maximum Gasteiger partial charge on any atom is 0.191 e. The monoisotopic (exact) mass is 292 g/mol. The summed E-state index contributed by atoms with van der Waals surface area (Å²) in [6, 6.07) is 5.76. The molecule has 0 amide bonds. The summed E-state index contributed by atoms with van der Waals surface area (Å²) < 4.78 is 28.0. The number of halogens is 2. The molecule has 0 bridgehead atoms. The molecule has 0 saturated heterocycles. The maximum absolute atomic E-state index is 13.4. The molecule has 0 aliphatic rings. The molecule has 2 N–H and O–H groups in total. The van der Waals surface area contributed by atoms with Crippen LogP contribution in [0.15, 0.2) is 29.6 Å². The van der Waals surface area contributed by atoms with E-state index in [9.17, 15) is 8.78 Å². The molecule has 0 aliphatic carbocycles. The fraction of sp³-hybridized carbons (Fsp3) is 0.0769. The van der Waals surface area contributed by atoms with Crippen LogP contribution < -0.4 is 5.73 Å². The number of thiophene rings is 1. The van der Waals surface area contributed by atoms with Crippen LogP contribution in [0.25, 0.3) is 22.1 Å². The Kier molecular flexibility index (Phi) is 2.98. The van der Waals surface area contributed by atoms with Gasteiger partial charge < -0.3 is 5.73 Å². The van der Waals surface area contributed by atoms with Gasteiger partial charge in [-0.2, -0.15) is 0 Å². The Morgan fingerprint density at radius 1 is 1.25 bits per heavy atom. The predicted octanol–water partition coefficient (Wildman–Crippen LogP) is 3.07. The lowest BCUT2D eigenvalue weighted by atomic mass is 10.1. The number of anilines is 1. The van der Waals surface area contributed by atoms with E-state index in [1.807, 2.05) is 17.5 Å². The highest BCUT2D eigenvalue weighted by molar-refractivity contribution is 7.13. The van der Waals surface area contributed by atoms with E-state index in [0.29, 0.717) is 17.2 Å². The van der Waals surface area contributed by atoms with Crippen LogP contribution in [0, 0.1) is 11.6 Å². The van der Waals surface area contributed by atoms with Crippen molar-refractivity contribution in [3.63, 3.8) is 0 Å². The first-order chi connectivity index (χ1) is 9.56. The number of nitrogens with two attached hydrogens (primary N) is 1. The van der Waals surface area contributed by atoms with Gasteiger partial charge in [0.2, 0.25) is 0 Å². The Labute approximate surface area is 117 Å². The summed E-state index contributed by atoms with van der Waals surface area (Å²) in [4.78, 5) is 5.24. The van der Waals surface area contributed by atoms with Crippen molar-refractivity contribution in [2.24, 2.45) is 7.05 Å². The predicted molar refractivity (Wildman–Crippen MR) is 74.1 cm³/mol. The first-order valence-corrected chi connectivity index (χ1v) is 6.64. The van der Waals surface area contributed by atoms with E-state index in [1.165, 1.54) is 16.0 Å². The fourth-order valence-electron chi connectivity index (χ4n) is 1.89. The maximum atomic E-state index is 13.4. The molecule has 2 aromatic heterocycles. The summed E-state index contributed by atoms with van der Waals surface area (Å²) in [7, 11) is 1.68. The van der Waals surface area contributed by atoms with E-state index in [0.717, 1.165) is 17.0 Å². The molecule has 0 atom stereocenters. The van der Waals surface area contributed by atoms with Crippen LogP contribution in [0.2, 0.25) is 0 Å². The summed E-state index contributed by atoms with van der Waals surface area (Å²) in [5, 5.41) is 6.18. The lowest BCUT2D eigenvalue weighted by Gasteiger charge is -2.05. The summed E-state index contributed by atoms with van der Waals surface area (Å²) in [5.74, 6) is -1.02. The van der Waals surface area contributed by atoms with Gasteiger partial charge in [0.15, 0.2) is 23.3 Å². The number of aromatic nitrogens is 3. The molecule has 0 unspecified atom stereocenters. The van der Waals surface area contributed by atoms with Gasteiger partial charge in [-0.25, -0.2) is 18.4 Å². The van der Waals surface area contributed by atoms with Crippen molar-refractivity contribution in [3.05, 3.63) is 41.3 Å². The molecule has 0 saturated carbocycles. The molecule has 4 nitrogen and oxygen atoms in total. The molecule has 0 fully saturated rings. The van der Waals surface area contributed by atoms with Gasteiger partial charge in [-0.05, 0) is 17.5 Å². The first kappa shape index (κ1) is 12.7. The van der Waals surface area contributed by atoms with Gasteiger partial charge in [-0.1, -0.05) is 6.07 Å². The molecule has 3 aromatic rings. The molecule has 3 rings (SSSR count). The fourth-order valence-corrected chi connectivity index (χ4v) is 2.54. The van der Waals surface area contributed by atoms with Crippen LogP contribution in [0.3, 0.4) is 0 Å². The number of benzene rings is 1. The smallest absolute Gasteiger partial charge is 0.191 e. The molecule has 0 radical (unpaired) electrons. The molecule has 7 heteroatoms. The van der Waals surface area contributed by atoms with Gasteiger partial charge in [0.25, 0.3) is 0 Å². The Balaban J connectivity index is 2.14. The van der Waals surface area contributed by atoms with Crippen molar-refractivity contribution in [1.29, 1.82) is 0 Å². The van der Waals surface area contributed by atoms with E-state index < -0.39 is 11.6 Å². The third-order valence-corrected chi connectivity index (χ3v) is 3.70. The van der Waals surface area contributed by atoms with Gasteiger partial charge in [0.1, 0.15) is 0 Å². The van der Waals surface area contributed by atoms with Gasteiger partial charge in [0, 0.05) is 24.4 Å². The summed E-state index contributed by atoms with van der Waals surface area (Å²) in [6.45, 7) is 0. The second-order valence-electron chi connectivity index (χ2n) is 4.21. The van der Waals surface area contributed by atoms with Crippen molar-refractivity contribution < 1.29 is 8.78 Å². The van der Waals surface area contributed by atoms with Gasteiger partial charge >= 0.3 is 0 Å². The highest BCUT2D eigenvalue weighted by Crippen LogP contribution is 2.29. The second kappa shape index (κ2) is 4.68. The van der Waals surface area contributed by atoms with Crippen LogP contribution in [-0.2, 0) is 7.05 Å². The number of nitrogens with zero attached hydrogens (tertiary/aromatic N) is 3. The highest BCUT2D eigenvalue weighted by atomic mass is 32.1. The minimum atomic E-state index is -0.980. The van der Waals surface area contributed by atoms with Gasteiger partial charge in [-0.3, -0.25) is 0 Å². The minimum Gasteiger partial charge on any atom is -0.398 e. The number of hydrogen-bond acceptors (Lipinski definition) is 4. The van der Waals surface area contributed by atoms with Crippen molar-refractivity contribution in [3.8, 4) is 22.1 Å². The number of nitrogen functional groups attached to an aromatic ring is 1. The Morgan fingerprint density at radius 2 is 2.00 bits per heavy atom. The third kappa shape index (κ3) is 2.05. The lowest BCUT2D eigenvalue weighted by Crippen LogP contribution is -2.00. The summed E-state index contributed by atoms with van der Waals surface area (Å²) in [5.41, 5.74) is 6.18. The standard InChI is InChI=1S/C13H10F2N4S/c1-19-13(7-5-8(14)9(15)6-10(7)16)17-12(18-19)11-3-2-4-20-11/h2-6H,16H2,1H3. The van der Waals surface area contributed by atoms with E-state index in [2.05, 4.69) is 10.1 Å². The summed E-state index contributed by atoms with van der Waals surface area (Å²) >= 11 is 1.50. The van der Waals surface area contributed by atoms with E-state index in [-0.39, 0.29) is 5.69 Å². The van der Waals surface area contributed by atoms with E-state index in [1.54, 1.807) is 7.05 Å². The third-order valence-electron chi connectivity index (χ3n) is 2.84. The first-order valence-electron chi connectivity index (χ1n) is 5.76.